The molecule has 0 radical (unpaired) electrons. The summed E-state index contributed by atoms with van der Waals surface area (Å²) in [5, 5.41) is 11.2. The quantitative estimate of drug-likeness (QED) is 0.498. The Morgan fingerprint density at radius 3 is 2.54 bits per heavy atom. The number of likely N-dealkylation sites (tertiary alicyclic amines) is 1. The number of nitrogens with zero attached hydrogens (tertiary/aromatic N) is 1. The van der Waals surface area contributed by atoms with E-state index in [4.69, 9.17) is 21.1 Å². The topological polar surface area (TPSA) is 76.1 Å². The Hall–Kier alpha value is -2.99. The molecule has 6 nitrogen and oxygen atoms in total. The Morgan fingerprint density at radius 1 is 1.12 bits per heavy atom. The fourth-order valence-electron chi connectivity index (χ4n) is 3.18. The predicted molar refractivity (Wildman–Crippen MR) is 94.1 cm³/mol. The number of carbonyl (C=O) groups is 2. The minimum absolute atomic E-state index is 0.0266. The van der Waals surface area contributed by atoms with Gasteiger partial charge in [0.15, 0.2) is 11.5 Å². The molecule has 0 bridgehead atoms. The third kappa shape index (κ3) is 2.50. The monoisotopic (exact) mass is 371 g/mol. The fraction of sp³-hybridized carbons (Fsp3) is 0.158. The van der Waals surface area contributed by atoms with Gasteiger partial charge >= 0.3 is 0 Å². The summed E-state index contributed by atoms with van der Waals surface area (Å²) in [5.41, 5.74) is 1.08. The van der Waals surface area contributed by atoms with Crippen molar-refractivity contribution in [1.29, 1.82) is 0 Å². The molecule has 132 valence electrons. The van der Waals surface area contributed by atoms with E-state index in [-0.39, 0.29) is 18.1 Å². The third-order valence-electron chi connectivity index (χ3n) is 4.51. The lowest BCUT2D eigenvalue weighted by atomic mass is 9.95. The number of ether oxygens (including phenoxy) is 2. The number of benzene rings is 2. The van der Waals surface area contributed by atoms with Crippen LogP contribution in [0.25, 0.3) is 5.76 Å². The highest BCUT2D eigenvalue weighted by Crippen LogP contribution is 2.42. The summed E-state index contributed by atoms with van der Waals surface area (Å²) < 4.78 is 10.7. The highest BCUT2D eigenvalue weighted by atomic mass is 35.5. The molecule has 2 aliphatic heterocycles. The molecule has 1 atom stereocenters. The van der Waals surface area contributed by atoms with Gasteiger partial charge in [0, 0.05) is 17.6 Å². The minimum Gasteiger partial charge on any atom is -0.507 e. The Kier molecular flexibility index (Phi) is 3.85. The summed E-state index contributed by atoms with van der Waals surface area (Å²) in [6, 6.07) is 10.9. The second-order valence-corrected chi connectivity index (χ2v) is 6.47. The molecular formula is C19H14ClNO5. The number of ketones is 1. The predicted octanol–water partition coefficient (Wildman–Crippen LogP) is 3.12. The molecule has 1 N–H and O–H groups in total. The molecule has 2 aromatic rings. The molecule has 26 heavy (non-hydrogen) atoms. The number of amides is 1. The largest absolute Gasteiger partial charge is 0.507 e. The van der Waals surface area contributed by atoms with Gasteiger partial charge in [0.25, 0.3) is 11.7 Å². The van der Waals surface area contributed by atoms with Gasteiger partial charge in [-0.1, -0.05) is 17.7 Å². The number of hydrogen-bond donors (Lipinski definition) is 1. The summed E-state index contributed by atoms with van der Waals surface area (Å²) in [6.45, 7) is 0.121. The van der Waals surface area contributed by atoms with Crippen molar-refractivity contribution in [1.82, 2.24) is 4.90 Å². The van der Waals surface area contributed by atoms with Gasteiger partial charge in [-0.05, 0) is 42.0 Å². The van der Waals surface area contributed by atoms with Gasteiger partial charge in [0.05, 0.1) is 11.6 Å². The molecule has 0 aromatic heterocycles. The van der Waals surface area contributed by atoms with Gasteiger partial charge in [-0.2, -0.15) is 0 Å². The van der Waals surface area contributed by atoms with Crippen molar-refractivity contribution in [2.45, 2.75) is 6.04 Å². The van der Waals surface area contributed by atoms with Gasteiger partial charge in [-0.15, -0.1) is 0 Å². The van der Waals surface area contributed by atoms with Crippen molar-refractivity contribution in [3.8, 4) is 11.5 Å². The summed E-state index contributed by atoms with van der Waals surface area (Å²) in [6.07, 6.45) is 0. The van der Waals surface area contributed by atoms with Crippen LogP contribution in [0.3, 0.4) is 0 Å². The van der Waals surface area contributed by atoms with Crippen LogP contribution in [0.4, 0.5) is 0 Å². The Bertz CT molecular complexity index is 951. The van der Waals surface area contributed by atoms with E-state index in [0.717, 1.165) is 0 Å². The average Bonchev–Trinajstić information content (AvgIpc) is 3.19. The average molecular weight is 372 g/mol. The molecule has 0 aliphatic carbocycles. The van der Waals surface area contributed by atoms with Crippen LogP contribution in [0, 0.1) is 0 Å². The fourth-order valence-corrected chi connectivity index (χ4v) is 3.31. The van der Waals surface area contributed by atoms with Crippen molar-refractivity contribution in [3.63, 3.8) is 0 Å². The molecule has 1 fully saturated rings. The van der Waals surface area contributed by atoms with Crippen molar-refractivity contribution in [2.24, 2.45) is 0 Å². The highest BCUT2D eigenvalue weighted by molar-refractivity contribution is 6.46. The van der Waals surface area contributed by atoms with Crippen LogP contribution in [0.2, 0.25) is 5.02 Å². The maximum absolute atomic E-state index is 12.5. The van der Waals surface area contributed by atoms with E-state index in [1.807, 2.05) is 0 Å². The van der Waals surface area contributed by atoms with E-state index in [0.29, 0.717) is 27.6 Å². The van der Waals surface area contributed by atoms with Crippen molar-refractivity contribution >= 4 is 29.1 Å². The molecule has 0 spiro atoms. The molecule has 7 heteroatoms. The first kappa shape index (κ1) is 16.5. The number of carbonyl (C=O) groups excluding carboxylic acids is 2. The molecule has 1 unspecified atom stereocenters. The molecule has 4 rings (SSSR count). The van der Waals surface area contributed by atoms with Crippen molar-refractivity contribution < 1.29 is 24.2 Å². The molecular weight excluding hydrogens is 358 g/mol. The summed E-state index contributed by atoms with van der Waals surface area (Å²) in [7, 11) is 1.53. The van der Waals surface area contributed by atoms with Crippen LogP contribution in [-0.4, -0.2) is 35.5 Å². The third-order valence-corrected chi connectivity index (χ3v) is 4.76. The summed E-state index contributed by atoms with van der Waals surface area (Å²) in [4.78, 5) is 26.1. The lowest BCUT2D eigenvalue weighted by Gasteiger charge is -2.21. The van der Waals surface area contributed by atoms with Crippen LogP contribution >= 0.6 is 11.6 Å². The van der Waals surface area contributed by atoms with Crippen LogP contribution in [0.15, 0.2) is 48.0 Å². The number of hydrogen-bond acceptors (Lipinski definition) is 5. The van der Waals surface area contributed by atoms with Crippen LogP contribution in [0.1, 0.15) is 17.2 Å². The Labute approximate surface area is 154 Å². The first-order valence-electron chi connectivity index (χ1n) is 7.87. The van der Waals surface area contributed by atoms with Gasteiger partial charge in [0.1, 0.15) is 5.76 Å². The maximum Gasteiger partial charge on any atom is 0.295 e. The van der Waals surface area contributed by atoms with E-state index >= 15 is 0 Å². The van der Waals surface area contributed by atoms with E-state index in [2.05, 4.69) is 0 Å². The number of likely N-dealkylation sites (N-methyl/N-ethyl adjacent to an activating group) is 1. The molecule has 0 saturated carbocycles. The normalized spacial score (nSPS) is 20.7. The number of Topliss-reactive ketones (excluding diaryl/α,β-unsaturated/α-hetero) is 1. The first-order valence-corrected chi connectivity index (χ1v) is 8.25. The second kappa shape index (κ2) is 6.07. The van der Waals surface area contributed by atoms with Crippen LogP contribution in [-0.2, 0) is 9.59 Å². The zero-order valence-corrected chi connectivity index (χ0v) is 14.5. The highest BCUT2D eigenvalue weighted by Gasteiger charge is 2.44. The van der Waals surface area contributed by atoms with E-state index in [1.54, 1.807) is 42.5 Å². The molecule has 2 aromatic carbocycles. The minimum atomic E-state index is -0.734. The zero-order chi connectivity index (χ0) is 18.4. The molecule has 2 heterocycles. The van der Waals surface area contributed by atoms with Gasteiger partial charge < -0.3 is 19.5 Å². The van der Waals surface area contributed by atoms with E-state index in [9.17, 15) is 14.7 Å². The van der Waals surface area contributed by atoms with Crippen molar-refractivity contribution in [3.05, 3.63) is 64.2 Å². The number of rotatable bonds is 2. The Morgan fingerprint density at radius 2 is 1.81 bits per heavy atom. The van der Waals surface area contributed by atoms with E-state index in [1.165, 1.54) is 11.9 Å². The standard InChI is InChI=1S/C19H14ClNO5/c1-21-16(11-4-7-13-14(8-11)26-9-25-13)15(18(23)19(21)24)17(22)10-2-5-12(20)6-3-10/h2-8,16,22H,9H2,1H3/b17-15+. The summed E-state index contributed by atoms with van der Waals surface area (Å²) in [5.74, 6) is -0.523. The smallest absolute Gasteiger partial charge is 0.295 e. The Balaban J connectivity index is 1.85. The first-order chi connectivity index (χ1) is 12.5. The zero-order valence-electron chi connectivity index (χ0n) is 13.7. The van der Waals surface area contributed by atoms with Gasteiger partial charge in [-0.25, -0.2) is 0 Å². The van der Waals surface area contributed by atoms with Crippen molar-refractivity contribution in [2.75, 3.05) is 13.8 Å². The SMILES string of the molecule is CN1C(=O)C(=O)/C(=C(/O)c2ccc(Cl)cc2)C1c1ccc2c(c1)OCO2. The maximum atomic E-state index is 12.5. The van der Waals surface area contributed by atoms with Gasteiger partial charge in [-0.3, -0.25) is 9.59 Å². The summed E-state index contributed by atoms with van der Waals surface area (Å²) >= 11 is 5.88. The van der Waals surface area contributed by atoms with E-state index < -0.39 is 17.7 Å². The lowest BCUT2D eigenvalue weighted by Crippen LogP contribution is -2.24. The number of fused-ring (bicyclic) bond motifs is 1. The number of halogens is 1. The number of aliphatic hydroxyl groups excluding tert-OH is 1. The van der Waals surface area contributed by atoms with Crippen LogP contribution < -0.4 is 9.47 Å². The molecule has 2 aliphatic rings. The second-order valence-electron chi connectivity index (χ2n) is 6.03. The lowest BCUT2D eigenvalue weighted by molar-refractivity contribution is -0.139. The van der Waals surface area contributed by atoms with Crippen LogP contribution in [0.5, 0.6) is 11.5 Å². The van der Waals surface area contributed by atoms with Gasteiger partial charge in [0.2, 0.25) is 6.79 Å². The number of aliphatic hydroxyl groups is 1. The molecule has 1 saturated heterocycles. The molecule has 1 amide bonds.